The number of hydrogen-bond donors (Lipinski definition) is 2. The van der Waals surface area contributed by atoms with E-state index in [0.717, 1.165) is 43.4 Å². The van der Waals surface area contributed by atoms with E-state index >= 15 is 0 Å². The average molecular weight is 421 g/mol. The van der Waals surface area contributed by atoms with Gasteiger partial charge < -0.3 is 20.1 Å². The number of nitrogens with zero attached hydrogens (tertiary/aromatic N) is 1. The van der Waals surface area contributed by atoms with Gasteiger partial charge in [-0.2, -0.15) is 0 Å². The first-order valence-corrected chi connectivity index (χ1v) is 7.49. The normalized spacial score (nSPS) is 10.6. The molecule has 2 N–H and O–H groups in total. The van der Waals surface area contributed by atoms with Crippen molar-refractivity contribution < 1.29 is 9.47 Å². The van der Waals surface area contributed by atoms with Crippen LogP contribution in [0.25, 0.3) is 0 Å². The second kappa shape index (κ2) is 12.4. The molecule has 6 heteroatoms. The quantitative estimate of drug-likeness (QED) is 0.294. The first-order chi connectivity index (χ1) is 10.2. The molecule has 126 valence electrons. The van der Waals surface area contributed by atoms with Gasteiger partial charge in [-0.15, -0.1) is 24.0 Å². The van der Waals surface area contributed by atoms with Crippen LogP contribution in [0.3, 0.4) is 0 Å². The van der Waals surface area contributed by atoms with Crippen LogP contribution in [0.1, 0.15) is 25.8 Å². The van der Waals surface area contributed by atoms with Crippen LogP contribution in [-0.2, 0) is 6.42 Å². The van der Waals surface area contributed by atoms with Gasteiger partial charge in [0.05, 0.1) is 13.7 Å². The molecule has 0 atom stereocenters. The third kappa shape index (κ3) is 7.20. The zero-order chi connectivity index (χ0) is 15.5. The highest BCUT2D eigenvalue weighted by Crippen LogP contribution is 2.28. The standard InChI is InChI=1S/C16H27N3O2.HI/c1-5-18-16(17-3)19-11-7-8-13-9-10-14(20-4)15(12-13)21-6-2;/h9-10,12H,5-8,11H2,1-4H3,(H2,17,18,19);1H. The Labute approximate surface area is 150 Å². The Balaban J connectivity index is 0.00000441. The molecule has 0 unspecified atom stereocenters. The number of benzene rings is 1. The largest absolute Gasteiger partial charge is 0.493 e. The van der Waals surface area contributed by atoms with Gasteiger partial charge in [-0.25, -0.2) is 0 Å². The van der Waals surface area contributed by atoms with Crippen LogP contribution >= 0.6 is 24.0 Å². The van der Waals surface area contributed by atoms with Gasteiger partial charge in [0.2, 0.25) is 0 Å². The molecule has 0 fully saturated rings. The number of rotatable bonds is 8. The number of halogens is 1. The van der Waals surface area contributed by atoms with Gasteiger partial charge in [-0.1, -0.05) is 6.07 Å². The van der Waals surface area contributed by atoms with Crippen LogP contribution in [-0.4, -0.2) is 39.8 Å². The summed E-state index contributed by atoms with van der Waals surface area (Å²) in [5.74, 6) is 2.45. The second-order valence-corrected chi connectivity index (χ2v) is 4.55. The van der Waals surface area contributed by atoms with E-state index in [0.29, 0.717) is 6.61 Å². The molecule has 0 aliphatic carbocycles. The maximum Gasteiger partial charge on any atom is 0.190 e. The molecule has 0 aliphatic heterocycles. The average Bonchev–Trinajstić information content (AvgIpc) is 2.51. The number of aryl methyl sites for hydroxylation is 1. The number of ether oxygens (including phenoxy) is 2. The Kier molecular flexibility index (Phi) is 11.7. The van der Waals surface area contributed by atoms with E-state index in [1.807, 2.05) is 13.0 Å². The lowest BCUT2D eigenvalue weighted by Gasteiger charge is -2.12. The van der Waals surface area contributed by atoms with Crippen molar-refractivity contribution in [3.05, 3.63) is 23.8 Å². The molecule has 0 radical (unpaired) electrons. The van der Waals surface area contributed by atoms with Crippen LogP contribution in [0.2, 0.25) is 0 Å². The van der Waals surface area contributed by atoms with E-state index in [4.69, 9.17) is 9.47 Å². The molecule has 0 saturated heterocycles. The smallest absolute Gasteiger partial charge is 0.190 e. The van der Waals surface area contributed by atoms with E-state index in [-0.39, 0.29) is 24.0 Å². The molecule has 1 aromatic rings. The summed E-state index contributed by atoms with van der Waals surface area (Å²) in [6, 6.07) is 6.10. The number of methoxy groups -OCH3 is 1. The van der Waals surface area contributed by atoms with E-state index in [1.54, 1.807) is 14.2 Å². The fourth-order valence-corrected chi connectivity index (χ4v) is 2.03. The van der Waals surface area contributed by atoms with Crippen molar-refractivity contribution in [1.82, 2.24) is 10.6 Å². The Morgan fingerprint density at radius 2 is 1.95 bits per heavy atom. The molecule has 1 aromatic carbocycles. The van der Waals surface area contributed by atoms with Crippen molar-refractivity contribution in [1.29, 1.82) is 0 Å². The van der Waals surface area contributed by atoms with E-state index in [2.05, 4.69) is 34.7 Å². The van der Waals surface area contributed by atoms with Gasteiger partial charge in [0, 0.05) is 20.1 Å². The van der Waals surface area contributed by atoms with Gasteiger partial charge in [-0.3, -0.25) is 4.99 Å². The fraction of sp³-hybridized carbons (Fsp3) is 0.562. The highest BCUT2D eigenvalue weighted by atomic mass is 127. The Morgan fingerprint density at radius 1 is 1.18 bits per heavy atom. The highest BCUT2D eigenvalue weighted by Gasteiger charge is 2.05. The summed E-state index contributed by atoms with van der Waals surface area (Å²) in [5, 5.41) is 6.46. The van der Waals surface area contributed by atoms with Gasteiger partial charge in [0.25, 0.3) is 0 Å². The first-order valence-electron chi connectivity index (χ1n) is 7.49. The minimum absolute atomic E-state index is 0. The summed E-state index contributed by atoms with van der Waals surface area (Å²) in [4.78, 5) is 4.14. The molecule has 0 aliphatic rings. The summed E-state index contributed by atoms with van der Waals surface area (Å²) < 4.78 is 10.9. The molecule has 0 saturated carbocycles. The van der Waals surface area contributed by atoms with Gasteiger partial charge in [-0.05, 0) is 44.4 Å². The summed E-state index contributed by atoms with van der Waals surface area (Å²) in [6.45, 7) is 6.42. The Hall–Kier alpha value is -1.18. The minimum Gasteiger partial charge on any atom is -0.493 e. The maximum absolute atomic E-state index is 5.59. The fourth-order valence-electron chi connectivity index (χ4n) is 2.03. The van der Waals surface area contributed by atoms with Crippen LogP contribution in [0.15, 0.2) is 23.2 Å². The van der Waals surface area contributed by atoms with Gasteiger partial charge in [0.15, 0.2) is 17.5 Å². The highest BCUT2D eigenvalue weighted by molar-refractivity contribution is 14.0. The van der Waals surface area contributed by atoms with Crippen molar-refractivity contribution in [3.8, 4) is 11.5 Å². The molecular weight excluding hydrogens is 393 g/mol. The number of guanidine groups is 1. The lowest BCUT2D eigenvalue weighted by Crippen LogP contribution is -2.37. The molecule has 0 spiro atoms. The molecule has 1 rings (SSSR count). The number of nitrogens with one attached hydrogen (secondary N) is 2. The van der Waals surface area contributed by atoms with Crippen molar-refractivity contribution in [2.45, 2.75) is 26.7 Å². The third-order valence-electron chi connectivity index (χ3n) is 3.03. The van der Waals surface area contributed by atoms with Crippen molar-refractivity contribution in [3.63, 3.8) is 0 Å². The minimum atomic E-state index is 0. The molecule has 5 nitrogen and oxygen atoms in total. The third-order valence-corrected chi connectivity index (χ3v) is 3.03. The van der Waals surface area contributed by atoms with Crippen molar-refractivity contribution in [2.24, 2.45) is 4.99 Å². The Bertz CT molecular complexity index is 453. The summed E-state index contributed by atoms with van der Waals surface area (Å²) in [7, 11) is 3.44. The molecule has 0 bridgehead atoms. The SMILES string of the molecule is CCNC(=NC)NCCCc1ccc(OC)c(OCC)c1.I. The molecule has 22 heavy (non-hydrogen) atoms. The summed E-state index contributed by atoms with van der Waals surface area (Å²) >= 11 is 0. The first kappa shape index (κ1) is 20.8. The summed E-state index contributed by atoms with van der Waals surface area (Å²) in [6.07, 6.45) is 2.02. The monoisotopic (exact) mass is 421 g/mol. The number of hydrogen-bond acceptors (Lipinski definition) is 3. The lowest BCUT2D eigenvalue weighted by atomic mass is 10.1. The van der Waals surface area contributed by atoms with Crippen LogP contribution in [0.5, 0.6) is 11.5 Å². The molecular formula is C16H28IN3O2. The zero-order valence-electron chi connectivity index (χ0n) is 13.9. The number of aliphatic imine (C=N–C) groups is 1. The molecule has 0 aromatic heterocycles. The molecule has 0 heterocycles. The zero-order valence-corrected chi connectivity index (χ0v) is 16.3. The van der Waals surface area contributed by atoms with Gasteiger partial charge >= 0.3 is 0 Å². The predicted octanol–water partition coefficient (Wildman–Crippen LogP) is 2.83. The van der Waals surface area contributed by atoms with E-state index < -0.39 is 0 Å². The van der Waals surface area contributed by atoms with Crippen LogP contribution in [0.4, 0.5) is 0 Å². The van der Waals surface area contributed by atoms with Gasteiger partial charge in [0.1, 0.15) is 0 Å². The van der Waals surface area contributed by atoms with Crippen molar-refractivity contribution in [2.75, 3.05) is 33.9 Å². The van der Waals surface area contributed by atoms with Crippen molar-refractivity contribution >= 4 is 29.9 Å². The van der Waals surface area contributed by atoms with Crippen LogP contribution < -0.4 is 20.1 Å². The topological polar surface area (TPSA) is 54.9 Å². The molecule has 0 amide bonds. The van der Waals surface area contributed by atoms with E-state index in [9.17, 15) is 0 Å². The predicted molar refractivity (Wildman–Crippen MR) is 103 cm³/mol. The Morgan fingerprint density at radius 3 is 2.55 bits per heavy atom. The van der Waals surface area contributed by atoms with E-state index in [1.165, 1.54) is 5.56 Å². The van der Waals surface area contributed by atoms with Crippen LogP contribution in [0, 0.1) is 0 Å². The maximum atomic E-state index is 5.59. The summed E-state index contributed by atoms with van der Waals surface area (Å²) in [5.41, 5.74) is 1.25. The lowest BCUT2D eigenvalue weighted by molar-refractivity contribution is 0.310. The second-order valence-electron chi connectivity index (χ2n) is 4.55.